The van der Waals surface area contributed by atoms with Crippen LogP contribution in [0.5, 0.6) is 5.75 Å². The summed E-state index contributed by atoms with van der Waals surface area (Å²) in [6.07, 6.45) is 1.72. The third kappa shape index (κ3) is 3.58. The third-order valence-corrected chi connectivity index (χ3v) is 3.60. The van der Waals surface area contributed by atoms with E-state index in [2.05, 4.69) is 10.3 Å². The molecular formula is C12H12ClN3O3S. The maximum Gasteiger partial charge on any atom is 0.271 e. The van der Waals surface area contributed by atoms with Gasteiger partial charge in [0.1, 0.15) is 12.4 Å². The fourth-order valence-corrected chi connectivity index (χ4v) is 2.50. The number of thiazole rings is 1. The molecule has 0 saturated carbocycles. The number of non-ortho nitro benzene ring substituents is 1. The van der Waals surface area contributed by atoms with Gasteiger partial charge in [0.2, 0.25) is 0 Å². The van der Waals surface area contributed by atoms with Crippen molar-refractivity contribution in [3.63, 3.8) is 0 Å². The average Bonchev–Trinajstić information content (AvgIpc) is 2.85. The van der Waals surface area contributed by atoms with Gasteiger partial charge in [-0.05, 0) is 13.0 Å². The van der Waals surface area contributed by atoms with Crippen LogP contribution in [0.4, 0.5) is 10.8 Å². The lowest BCUT2D eigenvalue weighted by Crippen LogP contribution is -1.95. The fraction of sp³-hybridized carbons (Fsp3) is 0.250. The van der Waals surface area contributed by atoms with Crippen molar-refractivity contribution in [1.82, 2.24) is 4.98 Å². The van der Waals surface area contributed by atoms with Crippen LogP contribution in [0.1, 0.15) is 11.8 Å². The Labute approximate surface area is 124 Å². The molecule has 1 aromatic carbocycles. The number of nitrogens with one attached hydrogen (secondary N) is 1. The monoisotopic (exact) mass is 313 g/mol. The van der Waals surface area contributed by atoms with Crippen molar-refractivity contribution < 1.29 is 9.66 Å². The summed E-state index contributed by atoms with van der Waals surface area (Å²) in [6, 6.07) is 4.12. The Morgan fingerprint density at radius 2 is 2.35 bits per heavy atom. The van der Waals surface area contributed by atoms with E-state index in [1.54, 1.807) is 6.20 Å². The molecule has 1 N–H and O–H groups in total. The van der Waals surface area contributed by atoms with Gasteiger partial charge in [0.25, 0.3) is 5.69 Å². The molecule has 0 amide bonds. The zero-order valence-electron chi connectivity index (χ0n) is 10.6. The van der Waals surface area contributed by atoms with E-state index in [-0.39, 0.29) is 10.7 Å². The predicted octanol–water partition coefficient (Wildman–Crippen LogP) is 3.72. The maximum absolute atomic E-state index is 10.6. The highest BCUT2D eigenvalue weighted by Crippen LogP contribution is 2.30. The molecule has 0 unspecified atom stereocenters. The van der Waals surface area contributed by atoms with E-state index < -0.39 is 4.92 Å². The number of hydrogen-bond donors (Lipinski definition) is 1. The van der Waals surface area contributed by atoms with E-state index in [1.165, 1.54) is 29.5 Å². The molecular weight excluding hydrogens is 302 g/mol. The Bertz CT molecular complexity index is 618. The molecule has 0 spiro atoms. The van der Waals surface area contributed by atoms with Crippen LogP contribution < -0.4 is 10.1 Å². The predicted molar refractivity (Wildman–Crippen MR) is 78.7 cm³/mol. The van der Waals surface area contributed by atoms with Crippen molar-refractivity contribution in [2.75, 3.05) is 11.9 Å². The number of halogens is 1. The normalized spacial score (nSPS) is 10.3. The molecule has 8 heteroatoms. The van der Waals surface area contributed by atoms with Crippen molar-refractivity contribution in [3.05, 3.63) is 44.4 Å². The SMILES string of the molecule is CCNc1ncc(COc2ccc([N+](=O)[O-])cc2Cl)s1. The van der Waals surface area contributed by atoms with E-state index in [4.69, 9.17) is 16.3 Å². The standard InChI is InChI=1S/C12H12ClN3O3S/c1-2-14-12-15-6-9(20-12)7-19-11-4-3-8(16(17)18)5-10(11)13/h3-6H,2,7H2,1H3,(H,14,15). The first kappa shape index (κ1) is 14.5. The van der Waals surface area contributed by atoms with Gasteiger partial charge in [-0.2, -0.15) is 0 Å². The molecule has 0 fully saturated rings. The number of ether oxygens (including phenoxy) is 1. The summed E-state index contributed by atoms with van der Waals surface area (Å²) in [4.78, 5) is 15.2. The first-order chi connectivity index (χ1) is 9.60. The van der Waals surface area contributed by atoms with Crippen LogP contribution in [0.25, 0.3) is 0 Å². The van der Waals surface area contributed by atoms with Crippen LogP contribution in [0.2, 0.25) is 5.02 Å². The molecule has 2 rings (SSSR count). The minimum atomic E-state index is -0.498. The molecule has 106 valence electrons. The number of benzene rings is 1. The summed E-state index contributed by atoms with van der Waals surface area (Å²) in [7, 11) is 0. The first-order valence-electron chi connectivity index (χ1n) is 5.85. The number of aromatic nitrogens is 1. The molecule has 6 nitrogen and oxygen atoms in total. The highest BCUT2D eigenvalue weighted by molar-refractivity contribution is 7.15. The van der Waals surface area contributed by atoms with Gasteiger partial charge in [0.05, 0.1) is 14.8 Å². The first-order valence-corrected chi connectivity index (χ1v) is 7.05. The topological polar surface area (TPSA) is 77.3 Å². The largest absolute Gasteiger partial charge is 0.486 e. The second kappa shape index (κ2) is 6.53. The lowest BCUT2D eigenvalue weighted by molar-refractivity contribution is -0.384. The van der Waals surface area contributed by atoms with Gasteiger partial charge >= 0.3 is 0 Å². The van der Waals surface area contributed by atoms with E-state index in [9.17, 15) is 10.1 Å². The van der Waals surface area contributed by atoms with E-state index in [1.807, 2.05) is 6.92 Å². The molecule has 0 bridgehead atoms. The smallest absolute Gasteiger partial charge is 0.271 e. The van der Waals surface area contributed by atoms with Gasteiger partial charge in [0, 0.05) is 24.9 Å². The Morgan fingerprint density at radius 1 is 1.55 bits per heavy atom. The van der Waals surface area contributed by atoms with Crippen molar-refractivity contribution in [1.29, 1.82) is 0 Å². The zero-order valence-corrected chi connectivity index (χ0v) is 12.2. The fourth-order valence-electron chi connectivity index (χ4n) is 1.48. The highest BCUT2D eigenvalue weighted by atomic mass is 35.5. The van der Waals surface area contributed by atoms with Crippen LogP contribution in [-0.2, 0) is 6.61 Å². The van der Waals surface area contributed by atoms with Gasteiger partial charge in [-0.15, -0.1) is 0 Å². The maximum atomic E-state index is 10.6. The number of hydrogen-bond acceptors (Lipinski definition) is 6. The molecule has 20 heavy (non-hydrogen) atoms. The lowest BCUT2D eigenvalue weighted by atomic mass is 10.3. The number of anilines is 1. The molecule has 1 heterocycles. The van der Waals surface area contributed by atoms with Crippen LogP contribution in [0.3, 0.4) is 0 Å². The van der Waals surface area contributed by atoms with E-state index >= 15 is 0 Å². The van der Waals surface area contributed by atoms with Crippen molar-refractivity contribution in [3.8, 4) is 5.75 Å². The number of rotatable bonds is 6. The summed E-state index contributed by atoms with van der Waals surface area (Å²) in [5, 5.41) is 14.8. The highest BCUT2D eigenvalue weighted by Gasteiger charge is 2.11. The quantitative estimate of drug-likeness (QED) is 0.649. The van der Waals surface area contributed by atoms with Crippen LogP contribution in [-0.4, -0.2) is 16.5 Å². The van der Waals surface area contributed by atoms with Gasteiger partial charge in [-0.1, -0.05) is 22.9 Å². The third-order valence-electron chi connectivity index (χ3n) is 2.38. The summed E-state index contributed by atoms with van der Waals surface area (Å²) in [6.45, 7) is 3.12. The number of nitro groups is 1. The summed E-state index contributed by atoms with van der Waals surface area (Å²) >= 11 is 7.43. The summed E-state index contributed by atoms with van der Waals surface area (Å²) in [5.74, 6) is 0.413. The summed E-state index contributed by atoms with van der Waals surface area (Å²) < 4.78 is 5.54. The molecule has 0 atom stereocenters. The second-order valence-corrected chi connectivity index (χ2v) is 5.34. The van der Waals surface area contributed by atoms with Crippen molar-refractivity contribution in [2.24, 2.45) is 0 Å². The molecule has 1 aromatic heterocycles. The van der Waals surface area contributed by atoms with Crippen LogP contribution in [0, 0.1) is 10.1 Å². The lowest BCUT2D eigenvalue weighted by Gasteiger charge is -2.06. The molecule has 0 aliphatic carbocycles. The zero-order chi connectivity index (χ0) is 14.5. The second-order valence-electron chi connectivity index (χ2n) is 3.82. The van der Waals surface area contributed by atoms with Crippen LogP contribution in [0.15, 0.2) is 24.4 Å². The molecule has 0 saturated heterocycles. The average molecular weight is 314 g/mol. The van der Waals surface area contributed by atoms with Gasteiger partial charge in [0.15, 0.2) is 5.13 Å². The van der Waals surface area contributed by atoms with Gasteiger partial charge < -0.3 is 10.1 Å². The Morgan fingerprint density at radius 3 is 3.00 bits per heavy atom. The Hall–Kier alpha value is -1.86. The molecule has 0 radical (unpaired) electrons. The summed E-state index contributed by atoms with van der Waals surface area (Å²) in [5.41, 5.74) is -0.0606. The van der Waals surface area contributed by atoms with Gasteiger partial charge in [-0.3, -0.25) is 10.1 Å². The van der Waals surface area contributed by atoms with Crippen molar-refractivity contribution in [2.45, 2.75) is 13.5 Å². The minimum absolute atomic E-state index is 0.0606. The van der Waals surface area contributed by atoms with Crippen LogP contribution >= 0.6 is 22.9 Å². The van der Waals surface area contributed by atoms with E-state index in [0.717, 1.165) is 16.6 Å². The molecule has 0 aliphatic heterocycles. The minimum Gasteiger partial charge on any atom is -0.486 e. The molecule has 0 aliphatic rings. The van der Waals surface area contributed by atoms with Gasteiger partial charge in [-0.25, -0.2) is 4.98 Å². The number of nitrogens with zero attached hydrogens (tertiary/aromatic N) is 2. The van der Waals surface area contributed by atoms with E-state index in [0.29, 0.717) is 12.4 Å². The van der Waals surface area contributed by atoms with Crippen molar-refractivity contribution >= 4 is 33.8 Å². The Kier molecular flexibility index (Phi) is 4.75. The number of nitro benzene ring substituents is 1. The Balaban J connectivity index is 2.01. The molecule has 2 aromatic rings.